The zero-order valence-electron chi connectivity index (χ0n) is 14.7. The predicted octanol–water partition coefficient (Wildman–Crippen LogP) is 1.32. The molecule has 4 aliphatic heterocycles. The van der Waals surface area contributed by atoms with E-state index in [1.807, 2.05) is 0 Å². The van der Waals surface area contributed by atoms with Crippen LogP contribution in [0.4, 0.5) is 0 Å². The second kappa shape index (κ2) is 5.88. The number of rotatable bonds is 0. The summed E-state index contributed by atoms with van der Waals surface area (Å²) in [5.41, 5.74) is 0. The van der Waals surface area contributed by atoms with Crippen molar-refractivity contribution in [2.75, 3.05) is 20.1 Å². The monoisotopic (exact) mass is 351 g/mol. The van der Waals surface area contributed by atoms with Crippen molar-refractivity contribution in [1.29, 1.82) is 0 Å². The maximum atomic E-state index is 11.2. The van der Waals surface area contributed by atoms with E-state index in [2.05, 4.69) is 4.90 Å². The van der Waals surface area contributed by atoms with Gasteiger partial charge in [0.1, 0.15) is 19.8 Å². The molecule has 2 saturated carbocycles. The molecule has 0 amide bonds. The van der Waals surface area contributed by atoms with E-state index in [4.69, 9.17) is 18.9 Å². The zero-order chi connectivity index (χ0) is 16.5. The van der Waals surface area contributed by atoms with Crippen LogP contribution in [-0.2, 0) is 18.9 Å². The molecule has 0 radical (unpaired) electrons. The van der Waals surface area contributed by atoms with Gasteiger partial charge in [0.25, 0.3) is 0 Å². The first-order chi connectivity index (χ1) is 12.3. The summed E-state index contributed by atoms with van der Waals surface area (Å²) >= 11 is 0. The summed E-state index contributed by atoms with van der Waals surface area (Å²) in [4.78, 5) is 2.43. The molecule has 4 saturated heterocycles. The van der Waals surface area contributed by atoms with Gasteiger partial charge in [-0.1, -0.05) is 0 Å². The van der Waals surface area contributed by atoms with Gasteiger partial charge >= 0.3 is 0 Å². The van der Waals surface area contributed by atoms with E-state index >= 15 is 0 Å². The summed E-state index contributed by atoms with van der Waals surface area (Å²) < 4.78 is 23.1. The lowest BCUT2D eigenvalue weighted by molar-refractivity contribution is -0.183. The van der Waals surface area contributed by atoms with E-state index < -0.39 is 0 Å². The minimum Gasteiger partial charge on any atom is -0.378 e. The van der Waals surface area contributed by atoms with Crippen LogP contribution in [0.5, 0.6) is 0 Å². The van der Waals surface area contributed by atoms with Gasteiger partial charge in [-0.2, -0.15) is 0 Å². The Balaban J connectivity index is 1.24. The van der Waals surface area contributed by atoms with Gasteiger partial charge in [-0.15, -0.1) is 0 Å². The first kappa shape index (κ1) is 15.8. The van der Waals surface area contributed by atoms with Crippen molar-refractivity contribution in [3.63, 3.8) is 0 Å². The van der Waals surface area contributed by atoms with Crippen molar-refractivity contribution >= 4 is 0 Å². The first-order valence-corrected chi connectivity index (χ1v) is 10.2. The highest BCUT2D eigenvalue weighted by molar-refractivity contribution is 5.04. The Morgan fingerprint density at radius 2 is 1.28 bits per heavy atom. The minimum absolute atomic E-state index is 0.199. The van der Waals surface area contributed by atoms with Gasteiger partial charge in [0.2, 0.25) is 0 Å². The van der Waals surface area contributed by atoms with Gasteiger partial charge in [0.15, 0.2) is 0 Å². The van der Waals surface area contributed by atoms with Crippen LogP contribution in [0.15, 0.2) is 0 Å². The summed E-state index contributed by atoms with van der Waals surface area (Å²) in [6, 6.07) is 0.499. The van der Waals surface area contributed by atoms with E-state index in [1.54, 1.807) is 0 Å². The zero-order valence-corrected chi connectivity index (χ0v) is 14.7. The molecule has 140 valence electrons. The van der Waals surface area contributed by atoms with E-state index in [-0.39, 0.29) is 24.5 Å². The fraction of sp³-hybridized carbons (Fsp3) is 1.00. The molecule has 0 aromatic carbocycles. The molecule has 1 N–H and O–H groups in total. The number of hydrogen-bond donors (Lipinski definition) is 1. The Morgan fingerprint density at radius 3 is 2.00 bits per heavy atom. The Kier molecular flexibility index (Phi) is 3.71. The Hall–Kier alpha value is -0.240. The molecular weight excluding hydrogens is 322 g/mol. The van der Waals surface area contributed by atoms with Crippen LogP contribution in [0.2, 0.25) is 0 Å². The smallest absolute Gasteiger partial charge is 0.147 e. The minimum atomic E-state index is -0.312. The van der Waals surface area contributed by atoms with Crippen molar-refractivity contribution in [1.82, 2.24) is 4.90 Å². The lowest BCUT2D eigenvalue weighted by atomic mass is 9.62. The lowest BCUT2D eigenvalue weighted by Crippen LogP contribution is -2.64. The molecule has 0 bridgehead atoms. The standard InChI is InChI=1S/C19H29NO5/c21-19-13-7-18-16(23-9-25-18)5-11(13)3-14-12-6-17-15(22-8-24-17)4-10(12)1-2-20(14)19/h10-19,21H,1-9H2. The van der Waals surface area contributed by atoms with E-state index in [0.717, 1.165) is 38.1 Å². The molecular formula is C19H29NO5. The lowest BCUT2D eigenvalue weighted by Gasteiger charge is -2.58. The highest BCUT2D eigenvalue weighted by Crippen LogP contribution is 2.51. The van der Waals surface area contributed by atoms with Crippen LogP contribution < -0.4 is 0 Å². The second-order valence-electron chi connectivity index (χ2n) is 9.09. The average molecular weight is 351 g/mol. The predicted molar refractivity (Wildman–Crippen MR) is 87.4 cm³/mol. The molecule has 6 fully saturated rings. The summed E-state index contributed by atoms with van der Waals surface area (Å²) in [6.45, 7) is 1.93. The normalized spacial score (nSPS) is 58.0. The Morgan fingerprint density at radius 1 is 0.680 bits per heavy atom. The van der Waals surface area contributed by atoms with Crippen molar-refractivity contribution in [2.45, 2.75) is 75.2 Å². The number of ether oxygens (including phenoxy) is 4. The van der Waals surface area contributed by atoms with Crippen molar-refractivity contribution in [2.24, 2.45) is 23.7 Å². The van der Waals surface area contributed by atoms with Crippen LogP contribution >= 0.6 is 0 Å². The largest absolute Gasteiger partial charge is 0.378 e. The molecule has 6 aliphatic rings. The van der Waals surface area contributed by atoms with Crippen LogP contribution in [0.1, 0.15) is 38.5 Å². The van der Waals surface area contributed by atoms with Crippen molar-refractivity contribution in [3.05, 3.63) is 0 Å². The third-order valence-corrected chi connectivity index (χ3v) is 8.19. The van der Waals surface area contributed by atoms with Gasteiger partial charge in [-0.05, 0) is 56.3 Å². The molecule has 4 heterocycles. The fourth-order valence-electron chi connectivity index (χ4n) is 6.97. The van der Waals surface area contributed by atoms with Gasteiger partial charge in [-0.25, -0.2) is 0 Å². The summed E-state index contributed by atoms with van der Waals surface area (Å²) in [5, 5.41) is 11.2. The van der Waals surface area contributed by atoms with Gasteiger partial charge in [0.05, 0.1) is 24.4 Å². The quantitative estimate of drug-likeness (QED) is 0.710. The molecule has 10 atom stereocenters. The summed E-state index contributed by atoms with van der Waals surface area (Å²) in [7, 11) is 0. The van der Waals surface area contributed by atoms with Crippen molar-refractivity contribution < 1.29 is 24.1 Å². The SMILES string of the molecule is OC1C2CC3OCOC3CC2CC2C3CC4OCOC4CC3CCN12. The first-order valence-electron chi connectivity index (χ1n) is 10.2. The molecule has 2 aliphatic carbocycles. The fourth-order valence-corrected chi connectivity index (χ4v) is 6.97. The Bertz CT molecular complexity index is 532. The third kappa shape index (κ3) is 2.38. The number of piperidine rings is 2. The molecule has 25 heavy (non-hydrogen) atoms. The maximum absolute atomic E-state index is 11.2. The molecule has 6 rings (SSSR count). The van der Waals surface area contributed by atoms with Gasteiger partial charge < -0.3 is 24.1 Å². The molecule has 0 aromatic rings. The Labute approximate surface area is 148 Å². The van der Waals surface area contributed by atoms with Crippen LogP contribution in [0, 0.1) is 23.7 Å². The van der Waals surface area contributed by atoms with Gasteiger partial charge in [-0.3, -0.25) is 4.90 Å². The molecule has 6 heteroatoms. The number of hydrogen-bond acceptors (Lipinski definition) is 6. The second-order valence-corrected chi connectivity index (χ2v) is 9.09. The number of fused-ring (bicyclic) bond motifs is 6. The summed E-state index contributed by atoms with van der Waals surface area (Å²) in [6.07, 6.45) is 7.38. The maximum Gasteiger partial charge on any atom is 0.147 e. The molecule has 0 spiro atoms. The highest BCUT2D eigenvalue weighted by Gasteiger charge is 2.55. The number of aliphatic hydroxyl groups excluding tert-OH is 1. The highest BCUT2D eigenvalue weighted by atomic mass is 16.7. The number of aliphatic hydroxyl groups is 1. The van der Waals surface area contributed by atoms with E-state index in [1.165, 1.54) is 12.8 Å². The average Bonchev–Trinajstić information content (AvgIpc) is 3.26. The molecule has 0 aromatic heterocycles. The topological polar surface area (TPSA) is 60.4 Å². The van der Waals surface area contributed by atoms with Crippen LogP contribution in [-0.4, -0.2) is 66.8 Å². The van der Waals surface area contributed by atoms with Gasteiger partial charge in [0, 0.05) is 18.5 Å². The third-order valence-electron chi connectivity index (χ3n) is 8.19. The van der Waals surface area contributed by atoms with Crippen LogP contribution in [0.25, 0.3) is 0 Å². The summed E-state index contributed by atoms with van der Waals surface area (Å²) in [5.74, 6) is 2.29. The number of nitrogens with zero attached hydrogens (tertiary/aromatic N) is 1. The molecule has 6 nitrogen and oxygen atoms in total. The molecule has 10 unspecified atom stereocenters. The van der Waals surface area contributed by atoms with E-state index in [0.29, 0.717) is 43.5 Å². The van der Waals surface area contributed by atoms with Crippen molar-refractivity contribution in [3.8, 4) is 0 Å². The van der Waals surface area contributed by atoms with Crippen LogP contribution in [0.3, 0.4) is 0 Å². The van der Waals surface area contributed by atoms with E-state index in [9.17, 15) is 5.11 Å².